The van der Waals surface area contributed by atoms with Crippen molar-refractivity contribution in [2.45, 2.75) is 38.1 Å². The Hall–Kier alpha value is -5.96. The van der Waals surface area contributed by atoms with Gasteiger partial charge in [0.05, 0.1) is 22.6 Å². The zero-order valence-corrected chi connectivity index (χ0v) is 34.0. The Morgan fingerprint density at radius 2 is 1.38 bits per heavy atom. The number of ether oxygens (including phenoxy) is 2. The lowest BCUT2D eigenvalue weighted by Crippen LogP contribution is -2.54. The number of amides is 4. The molecule has 3 saturated heterocycles. The molecule has 0 spiro atoms. The Labute approximate surface area is 351 Å². The number of nitrogens with one attached hydrogen (secondary N) is 1. The Morgan fingerprint density at radius 1 is 0.700 bits per heavy atom. The topological polar surface area (TPSA) is 152 Å². The molecule has 4 amide bonds. The van der Waals surface area contributed by atoms with Gasteiger partial charge in [0.2, 0.25) is 11.8 Å². The number of piperidine rings is 2. The molecule has 4 aliphatic heterocycles. The van der Waals surface area contributed by atoms with Crippen LogP contribution in [-0.4, -0.2) is 114 Å². The summed E-state index contributed by atoms with van der Waals surface area (Å²) in [7, 11) is 0. The third-order valence-electron chi connectivity index (χ3n) is 12.1. The van der Waals surface area contributed by atoms with E-state index in [-0.39, 0.29) is 30.2 Å². The summed E-state index contributed by atoms with van der Waals surface area (Å²) in [6.45, 7) is 8.35. The molecule has 5 aromatic rings. The molecule has 0 bridgehead atoms. The summed E-state index contributed by atoms with van der Waals surface area (Å²) >= 11 is 1.53. The van der Waals surface area contributed by atoms with E-state index in [0.717, 1.165) is 108 Å². The van der Waals surface area contributed by atoms with Crippen molar-refractivity contribution in [3.8, 4) is 39.2 Å². The van der Waals surface area contributed by atoms with E-state index in [2.05, 4.69) is 20.0 Å². The van der Waals surface area contributed by atoms with Crippen molar-refractivity contribution in [2.24, 2.45) is 5.92 Å². The monoisotopic (exact) mass is 829 g/mol. The number of rotatable bonds is 12. The number of nitrogens with zero attached hydrogens (tertiary/aromatic N) is 4. The quantitative estimate of drug-likeness (QED) is 0.119. The second-order valence-corrected chi connectivity index (χ2v) is 17.1. The minimum atomic E-state index is -0.965. The fourth-order valence-electron chi connectivity index (χ4n) is 8.68. The van der Waals surface area contributed by atoms with Crippen LogP contribution in [0.25, 0.3) is 20.5 Å². The highest BCUT2D eigenvalue weighted by molar-refractivity contribution is 7.22. The van der Waals surface area contributed by atoms with Crippen LogP contribution in [0.3, 0.4) is 0 Å². The van der Waals surface area contributed by atoms with Gasteiger partial charge in [-0.15, -0.1) is 11.3 Å². The number of likely N-dealkylation sites (tertiary alicyclic amines) is 1. The van der Waals surface area contributed by atoms with E-state index >= 15 is 0 Å². The average Bonchev–Trinajstić information content (AvgIpc) is 3.73. The van der Waals surface area contributed by atoms with Crippen LogP contribution in [-0.2, 0) is 9.59 Å². The second kappa shape index (κ2) is 17.0. The number of imide groups is 2. The molecule has 14 heteroatoms. The molecule has 0 saturated carbocycles. The van der Waals surface area contributed by atoms with Gasteiger partial charge in [-0.2, -0.15) is 0 Å². The van der Waals surface area contributed by atoms with E-state index in [1.54, 1.807) is 36.4 Å². The molecule has 1 unspecified atom stereocenters. The second-order valence-electron chi connectivity index (χ2n) is 16.0. The van der Waals surface area contributed by atoms with Crippen molar-refractivity contribution in [3.05, 3.63) is 96.1 Å². The van der Waals surface area contributed by atoms with Gasteiger partial charge in [0.15, 0.2) is 5.75 Å². The number of hydrogen-bond acceptors (Lipinski definition) is 12. The van der Waals surface area contributed by atoms with E-state index in [9.17, 15) is 29.4 Å². The number of aromatic hydroxyl groups is 2. The molecular formula is C46H47N5O8S. The number of benzene rings is 4. The number of hydrogen-bond donors (Lipinski definition) is 3. The molecule has 310 valence electrons. The van der Waals surface area contributed by atoms with Crippen molar-refractivity contribution in [3.63, 3.8) is 0 Å². The van der Waals surface area contributed by atoms with Gasteiger partial charge in [-0.3, -0.25) is 34.3 Å². The number of thiophene rings is 1. The summed E-state index contributed by atoms with van der Waals surface area (Å²) in [5.41, 5.74) is 2.43. The largest absolute Gasteiger partial charge is 0.508 e. The summed E-state index contributed by atoms with van der Waals surface area (Å²) in [5.74, 6) is 1.14. The molecule has 1 aromatic heterocycles. The van der Waals surface area contributed by atoms with E-state index in [1.807, 2.05) is 48.5 Å². The van der Waals surface area contributed by atoms with Gasteiger partial charge in [0.25, 0.3) is 11.8 Å². The Kier molecular flexibility index (Phi) is 11.2. The highest BCUT2D eigenvalue weighted by Crippen LogP contribution is 2.47. The third kappa shape index (κ3) is 8.27. The van der Waals surface area contributed by atoms with E-state index in [1.165, 1.54) is 11.3 Å². The number of piperazine rings is 1. The van der Waals surface area contributed by atoms with Crippen LogP contribution in [0.5, 0.6) is 28.7 Å². The highest BCUT2D eigenvalue weighted by atomic mass is 32.1. The maximum absolute atomic E-state index is 13.3. The Balaban J connectivity index is 0.695. The molecule has 0 radical (unpaired) electrons. The zero-order chi connectivity index (χ0) is 41.3. The smallest absolute Gasteiger partial charge is 0.262 e. The molecule has 4 aliphatic rings. The van der Waals surface area contributed by atoms with Crippen molar-refractivity contribution < 1.29 is 38.9 Å². The average molecular weight is 830 g/mol. The number of fused-ring (bicyclic) bond motifs is 2. The maximum Gasteiger partial charge on any atom is 0.262 e. The molecule has 60 heavy (non-hydrogen) atoms. The minimum absolute atomic E-state index is 0.0970. The predicted octanol–water partition coefficient (Wildman–Crippen LogP) is 6.48. The third-order valence-corrected chi connectivity index (χ3v) is 13.3. The molecule has 4 aromatic carbocycles. The van der Waals surface area contributed by atoms with Gasteiger partial charge in [-0.25, -0.2) is 0 Å². The van der Waals surface area contributed by atoms with Crippen molar-refractivity contribution in [1.82, 2.24) is 20.0 Å². The Bertz CT molecular complexity index is 2420. The number of carbonyl (C=O) groups excluding carboxylic acids is 4. The molecular weight excluding hydrogens is 783 g/mol. The fraction of sp³-hybridized carbons (Fsp3) is 0.348. The van der Waals surface area contributed by atoms with Crippen molar-refractivity contribution >= 4 is 50.7 Å². The lowest BCUT2D eigenvalue weighted by atomic mass is 9.97. The van der Waals surface area contributed by atoms with Gasteiger partial charge >= 0.3 is 0 Å². The van der Waals surface area contributed by atoms with Crippen LogP contribution in [0.15, 0.2) is 84.9 Å². The van der Waals surface area contributed by atoms with Gasteiger partial charge in [0, 0.05) is 48.4 Å². The van der Waals surface area contributed by atoms with Crippen LogP contribution in [0.4, 0.5) is 5.69 Å². The molecule has 13 nitrogen and oxygen atoms in total. The molecule has 5 heterocycles. The molecule has 1 atom stereocenters. The van der Waals surface area contributed by atoms with Crippen LogP contribution in [0, 0.1) is 5.92 Å². The summed E-state index contributed by atoms with van der Waals surface area (Å²) < 4.78 is 13.6. The van der Waals surface area contributed by atoms with Crippen LogP contribution < -0.4 is 19.7 Å². The predicted molar refractivity (Wildman–Crippen MR) is 228 cm³/mol. The van der Waals surface area contributed by atoms with Gasteiger partial charge < -0.3 is 29.5 Å². The van der Waals surface area contributed by atoms with Gasteiger partial charge in [-0.1, -0.05) is 0 Å². The van der Waals surface area contributed by atoms with Crippen LogP contribution in [0.1, 0.15) is 52.8 Å². The Morgan fingerprint density at radius 3 is 2.12 bits per heavy atom. The summed E-state index contributed by atoms with van der Waals surface area (Å²) in [6, 6.07) is 24.4. The maximum atomic E-state index is 13.3. The lowest BCUT2D eigenvalue weighted by molar-refractivity contribution is -0.136. The summed E-state index contributed by atoms with van der Waals surface area (Å²) in [6.07, 6.45) is 3.53. The van der Waals surface area contributed by atoms with Crippen LogP contribution in [0.2, 0.25) is 0 Å². The van der Waals surface area contributed by atoms with E-state index in [0.29, 0.717) is 35.2 Å². The number of anilines is 1. The van der Waals surface area contributed by atoms with Crippen molar-refractivity contribution in [2.75, 3.05) is 63.9 Å². The summed E-state index contributed by atoms with van der Waals surface area (Å²) in [5, 5.41) is 23.0. The highest BCUT2D eigenvalue weighted by Gasteiger charge is 2.45. The number of phenolic OH excluding ortho intramolecular Hbond substituents is 2. The molecule has 3 N–H and O–H groups in total. The van der Waals surface area contributed by atoms with Gasteiger partial charge in [0.1, 0.15) is 29.0 Å². The molecule has 0 aliphatic carbocycles. The standard InChI is InChI=1S/C46H47N5O8S/c52-32-5-2-30(3-6-32)43-42(37-13-7-33(53)27-40(37)60-43)59-35-10-8-34(9-11-35)58-28-29-16-20-48(21-17-29)18-1-19-49-22-24-50(25-23-49)31-4-12-36-38(26-31)46(57)51(45(36)56)39-14-15-41(54)47-44(39)55/h2-13,26-27,29,39,52-53H,1,14-25,28H2,(H,47,54,55). The SMILES string of the molecule is O=C1CCC(N2C(=O)c3ccc(N4CCN(CCCN5CCC(COc6ccc(Oc7c(-c8ccc(O)cc8)sc8cc(O)ccc78)cc6)CC5)CC4)cc3C2=O)C(=O)N1. The number of carbonyl (C=O) groups is 4. The molecule has 9 rings (SSSR count). The van der Waals surface area contributed by atoms with E-state index in [4.69, 9.17) is 9.47 Å². The fourth-order valence-corrected chi connectivity index (χ4v) is 9.85. The summed E-state index contributed by atoms with van der Waals surface area (Å²) in [4.78, 5) is 59.7. The first-order chi connectivity index (χ1) is 29.2. The number of phenols is 2. The zero-order valence-electron chi connectivity index (χ0n) is 33.2. The first-order valence-electron chi connectivity index (χ1n) is 20.7. The van der Waals surface area contributed by atoms with Gasteiger partial charge in [-0.05, 0) is 148 Å². The van der Waals surface area contributed by atoms with E-state index < -0.39 is 23.8 Å². The normalized spacial score (nSPS) is 19.2. The lowest BCUT2D eigenvalue weighted by Gasteiger charge is -2.37. The first-order valence-corrected chi connectivity index (χ1v) is 21.5. The van der Waals surface area contributed by atoms with Crippen molar-refractivity contribution in [1.29, 1.82) is 0 Å². The van der Waals surface area contributed by atoms with Crippen LogP contribution >= 0.6 is 11.3 Å². The molecule has 3 fully saturated rings. The first kappa shape index (κ1) is 39.5. The minimum Gasteiger partial charge on any atom is -0.508 e.